The number of rotatable bonds is 18. The Labute approximate surface area is 318 Å². The van der Waals surface area contributed by atoms with Crippen molar-refractivity contribution in [2.75, 3.05) is 26.2 Å². The summed E-state index contributed by atoms with van der Waals surface area (Å²) in [6.45, 7) is 9.34. The fraction of sp³-hybridized carbons (Fsp3) is 0.538. The monoisotopic (exact) mass is 766 g/mol. The molecule has 288 valence electrons. The standard InChI is InChI=1S/C39H54N6O6S2/c1-5-28(4)36(45-20-19-43(39(45)48)24-32-26-52-38(41-32)27(2)3)37(47)42-34(21-29-11-7-6-8-12-29)35(46)25-44(23-31-13-9-10-14-31)53(50,51)33-17-15-30(16-18-33)22-40-49/h6-8,11-12,15-18,22,26-28,31,34-36,46,49H,5,9-10,13-14,19-21,23-25H2,1-4H3,(H,42,47)/t28-,34-,35+,36-/m0/s1. The van der Waals surface area contributed by atoms with Crippen molar-refractivity contribution in [2.45, 2.75) is 102 Å². The number of carbonyl (C=O) groups is 2. The molecule has 53 heavy (non-hydrogen) atoms. The Hall–Kier alpha value is -3.85. The lowest BCUT2D eigenvalue weighted by Crippen LogP contribution is -2.57. The van der Waals surface area contributed by atoms with E-state index in [0.717, 1.165) is 41.9 Å². The minimum atomic E-state index is -4.05. The normalized spacial score (nSPS) is 18.0. The number of sulfonamides is 1. The third-order valence-electron chi connectivity index (χ3n) is 10.5. The minimum Gasteiger partial charge on any atom is -0.411 e. The number of hydrogen-bond donors (Lipinski definition) is 3. The molecule has 1 aliphatic heterocycles. The van der Waals surface area contributed by atoms with Crippen LogP contribution in [0, 0.1) is 11.8 Å². The lowest BCUT2D eigenvalue weighted by molar-refractivity contribution is -0.128. The van der Waals surface area contributed by atoms with Gasteiger partial charge in [0.05, 0.1) is 40.5 Å². The molecular weight excluding hydrogens is 713 g/mol. The predicted octanol–water partition coefficient (Wildman–Crippen LogP) is 5.70. The van der Waals surface area contributed by atoms with Gasteiger partial charge in [-0.25, -0.2) is 18.2 Å². The number of aromatic nitrogens is 1. The van der Waals surface area contributed by atoms with Gasteiger partial charge in [-0.3, -0.25) is 4.79 Å². The quantitative estimate of drug-likeness (QED) is 0.0853. The lowest BCUT2D eigenvalue weighted by atomic mass is 9.95. The fourth-order valence-corrected chi connectivity index (χ4v) is 9.60. The van der Waals surface area contributed by atoms with Gasteiger partial charge in [-0.05, 0) is 54.4 Å². The number of carbonyl (C=O) groups excluding carboxylic acids is 2. The fourth-order valence-electron chi connectivity index (χ4n) is 7.24. The van der Waals surface area contributed by atoms with E-state index in [9.17, 15) is 23.1 Å². The van der Waals surface area contributed by atoms with E-state index in [4.69, 9.17) is 10.2 Å². The van der Waals surface area contributed by atoms with E-state index >= 15 is 0 Å². The summed E-state index contributed by atoms with van der Waals surface area (Å²) in [5, 5.41) is 30.0. The van der Waals surface area contributed by atoms with Gasteiger partial charge in [-0.15, -0.1) is 11.3 Å². The van der Waals surface area contributed by atoms with Gasteiger partial charge >= 0.3 is 6.03 Å². The van der Waals surface area contributed by atoms with Crippen LogP contribution in [0.2, 0.25) is 0 Å². The summed E-state index contributed by atoms with van der Waals surface area (Å²) >= 11 is 1.58. The van der Waals surface area contributed by atoms with Crippen molar-refractivity contribution in [3.05, 3.63) is 81.8 Å². The third kappa shape index (κ3) is 10.2. The van der Waals surface area contributed by atoms with Gasteiger partial charge < -0.3 is 25.4 Å². The van der Waals surface area contributed by atoms with E-state index in [1.165, 1.54) is 22.7 Å². The number of oxime groups is 1. The van der Waals surface area contributed by atoms with Crippen LogP contribution in [-0.2, 0) is 27.8 Å². The van der Waals surface area contributed by atoms with Crippen LogP contribution in [0.3, 0.4) is 0 Å². The molecule has 5 rings (SSSR count). The molecule has 3 aromatic rings. The molecule has 2 aliphatic rings. The molecule has 12 nitrogen and oxygen atoms in total. The van der Waals surface area contributed by atoms with Crippen LogP contribution in [0.4, 0.5) is 4.79 Å². The number of hydrogen-bond acceptors (Lipinski definition) is 9. The Bertz CT molecular complexity index is 1780. The molecule has 2 heterocycles. The van der Waals surface area contributed by atoms with Crippen molar-refractivity contribution in [2.24, 2.45) is 17.0 Å². The van der Waals surface area contributed by atoms with E-state index in [1.54, 1.807) is 33.3 Å². The second-order valence-corrected chi connectivity index (χ2v) is 17.5. The summed E-state index contributed by atoms with van der Waals surface area (Å²) in [6, 6.07) is 13.7. The molecule has 1 saturated heterocycles. The average molecular weight is 767 g/mol. The third-order valence-corrected chi connectivity index (χ3v) is 13.5. The van der Waals surface area contributed by atoms with E-state index < -0.39 is 28.2 Å². The highest BCUT2D eigenvalue weighted by atomic mass is 32.2. The summed E-state index contributed by atoms with van der Waals surface area (Å²) in [4.78, 5) is 36.4. The Kier molecular flexibility index (Phi) is 14.0. The summed E-state index contributed by atoms with van der Waals surface area (Å²) in [5.74, 6) is -0.110. The van der Waals surface area contributed by atoms with Crippen LogP contribution >= 0.6 is 11.3 Å². The zero-order valence-corrected chi connectivity index (χ0v) is 32.8. The summed E-state index contributed by atoms with van der Waals surface area (Å²) in [7, 11) is -4.05. The van der Waals surface area contributed by atoms with Gasteiger partial charge in [-0.1, -0.05) is 94.6 Å². The number of amides is 3. The molecule has 2 aromatic carbocycles. The van der Waals surface area contributed by atoms with E-state index in [1.807, 2.05) is 49.6 Å². The van der Waals surface area contributed by atoms with E-state index in [2.05, 4.69) is 24.3 Å². The summed E-state index contributed by atoms with van der Waals surface area (Å²) < 4.78 is 29.7. The van der Waals surface area contributed by atoms with Gasteiger partial charge in [0.1, 0.15) is 6.04 Å². The largest absolute Gasteiger partial charge is 0.411 e. The molecule has 0 radical (unpaired) electrons. The zero-order chi connectivity index (χ0) is 38.1. The topological polar surface area (TPSA) is 156 Å². The Morgan fingerprint density at radius 3 is 2.42 bits per heavy atom. The highest BCUT2D eigenvalue weighted by molar-refractivity contribution is 7.89. The molecule has 14 heteroatoms. The van der Waals surface area contributed by atoms with Crippen LogP contribution in [0.5, 0.6) is 0 Å². The second-order valence-electron chi connectivity index (χ2n) is 14.7. The van der Waals surface area contributed by atoms with Gasteiger partial charge in [0.15, 0.2) is 0 Å². The van der Waals surface area contributed by atoms with Crippen LogP contribution in [0.15, 0.2) is 70.0 Å². The van der Waals surface area contributed by atoms with Crippen LogP contribution < -0.4 is 5.32 Å². The lowest BCUT2D eigenvalue weighted by Gasteiger charge is -2.35. The predicted molar refractivity (Wildman–Crippen MR) is 207 cm³/mol. The molecule has 0 unspecified atom stereocenters. The van der Waals surface area contributed by atoms with Crippen molar-refractivity contribution >= 4 is 39.5 Å². The number of aliphatic hydroxyl groups is 1. The highest BCUT2D eigenvalue weighted by Crippen LogP contribution is 2.29. The summed E-state index contributed by atoms with van der Waals surface area (Å²) in [6.07, 6.45) is 4.71. The maximum atomic E-state index is 14.4. The van der Waals surface area contributed by atoms with Crippen molar-refractivity contribution in [3.8, 4) is 0 Å². The number of benzene rings is 2. The zero-order valence-electron chi connectivity index (χ0n) is 31.2. The SMILES string of the molecule is CC[C@H](C)[C@@H](C(=O)N[C@@H](Cc1ccccc1)[C@H](O)CN(CC1CCCC1)S(=O)(=O)c1ccc(C=NO)cc1)N1CCN(Cc2csc(C(C)C)n2)C1=O. The van der Waals surface area contributed by atoms with Crippen LogP contribution in [-0.4, -0.2) is 100 Å². The molecule has 0 bridgehead atoms. The number of thiazole rings is 1. The number of urea groups is 1. The molecule has 1 aliphatic carbocycles. The first-order valence-electron chi connectivity index (χ1n) is 18.7. The number of nitrogens with one attached hydrogen (secondary N) is 1. The minimum absolute atomic E-state index is 0.0634. The maximum Gasteiger partial charge on any atom is 0.321 e. The molecule has 0 spiro atoms. The second kappa shape index (κ2) is 18.5. The van der Waals surface area contributed by atoms with E-state index in [-0.39, 0.29) is 48.2 Å². The molecule has 3 amide bonds. The molecule has 1 saturated carbocycles. The molecule has 3 N–H and O–H groups in total. The van der Waals surface area contributed by atoms with Crippen molar-refractivity contribution in [1.29, 1.82) is 0 Å². The summed E-state index contributed by atoms with van der Waals surface area (Å²) in [5.41, 5.74) is 2.24. The highest BCUT2D eigenvalue weighted by Gasteiger charge is 2.41. The maximum absolute atomic E-state index is 14.4. The van der Waals surface area contributed by atoms with Gasteiger partial charge in [0.25, 0.3) is 0 Å². The van der Waals surface area contributed by atoms with Crippen molar-refractivity contribution in [1.82, 2.24) is 24.4 Å². The molecule has 4 atom stereocenters. The Balaban J connectivity index is 1.38. The molecular formula is C39H54N6O6S2. The molecule has 1 aromatic heterocycles. The first-order chi connectivity index (χ1) is 25.4. The number of aliphatic hydroxyl groups excluding tert-OH is 1. The first-order valence-corrected chi connectivity index (χ1v) is 21.0. The first kappa shape index (κ1) is 40.3. The van der Waals surface area contributed by atoms with E-state index in [0.29, 0.717) is 37.5 Å². The Morgan fingerprint density at radius 1 is 1.09 bits per heavy atom. The van der Waals surface area contributed by atoms with Crippen molar-refractivity contribution in [3.63, 3.8) is 0 Å². The molecule has 2 fully saturated rings. The number of nitrogens with zero attached hydrogens (tertiary/aromatic N) is 5. The van der Waals surface area contributed by atoms with Crippen LogP contribution in [0.25, 0.3) is 0 Å². The average Bonchev–Trinajstić information content (AvgIpc) is 3.92. The smallest absolute Gasteiger partial charge is 0.321 e. The van der Waals surface area contributed by atoms with Gasteiger partial charge in [0, 0.05) is 37.5 Å². The van der Waals surface area contributed by atoms with Crippen LogP contribution in [0.1, 0.15) is 87.5 Å². The van der Waals surface area contributed by atoms with Gasteiger partial charge in [-0.2, -0.15) is 4.31 Å². The Morgan fingerprint density at radius 2 is 1.79 bits per heavy atom. The van der Waals surface area contributed by atoms with Gasteiger partial charge in [0.2, 0.25) is 15.9 Å². The van der Waals surface area contributed by atoms with Crippen molar-refractivity contribution < 1.29 is 28.3 Å².